The van der Waals surface area contributed by atoms with E-state index in [2.05, 4.69) is 36.4 Å². The zero-order chi connectivity index (χ0) is 21.5. The van der Waals surface area contributed by atoms with Crippen LogP contribution in [0.1, 0.15) is 39.2 Å². The quantitative estimate of drug-likeness (QED) is 0.542. The number of benzene rings is 1. The lowest BCUT2D eigenvalue weighted by Crippen LogP contribution is -2.47. The van der Waals surface area contributed by atoms with Gasteiger partial charge in [0.05, 0.1) is 6.10 Å². The van der Waals surface area contributed by atoms with Gasteiger partial charge in [-0.15, -0.1) is 0 Å². The summed E-state index contributed by atoms with van der Waals surface area (Å²) >= 11 is 0. The Labute approximate surface area is 171 Å². The van der Waals surface area contributed by atoms with Gasteiger partial charge in [0.1, 0.15) is 5.75 Å². The number of guanidine groups is 1. The van der Waals surface area contributed by atoms with Crippen LogP contribution >= 0.6 is 0 Å². The predicted molar refractivity (Wildman–Crippen MR) is 108 cm³/mol. The number of alkyl halides is 3. The second-order valence-corrected chi connectivity index (χ2v) is 8.42. The molecule has 0 bridgehead atoms. The van der Waals surface area contributed by atoms with Crippen molar-refractivity contribution >= 4 is 5.96 Å². The number of halogens is 3. The van der Waals surface area contributed by atoms with Gasteiger partial charge in [-0.3, -0.25) is 4.99 Å². The van der Waals surface area contributed by atoms with Gasteiger partial charge in [0.15, 0.2) is 12.6 Å². The van der Waals surface area contributed by atoms with Gasteiger partial charge in [-0.1, -0.05) is 32.9 Å². The summed E-state index contributed by atoms with van der Waals surface area (Å²) in [5.41, 5.74) is 0.877. The lowest BCUT2D eigenvalue weighted by Gasteiger charge is -2.40. The molecule has 0 saturated carbocycles. The number of hydrogen-bond acceptors (Lipinski definition) is 3. The van der Waals surface area contributed by atoms with E-state index < -0.39 is 12.8 Å². The molecule has 1 aromatic carbocycles. The molecule has 0 amide bonds. The number of ether oxygens (including phenoxy) is 2. The standard InChI is InChI=1S/C21H32F3N3O2/c1-20(2,3)18-16(8-6-10-28-18)13-27-19(25-4)26-12-15-7-5-9-17(11-15)29-14-21(22,23)24/h5,7,9,11,16,18H,6,8,10,12-14H2,1-4H3,(H2,25,26,27). The highest BCUT2D eigenvalue weighted by atomic mass is 19.4. The summed E-state index contributed by atoms with van der Waals surface area (Å²) in [6.45, 7) is 7.25. The van der Waals surface area contributed by atoms with Crippen molar-refractivity contribution in [2.45, 2.75) is 52.4 Å². The van der Waals surface area contributed by atoms with E-state index in [0.29, 0.717) is 18.4 Å². The van der Waals surface area contributed by atoms with Crippen LogP contribution in [-0.2, 0) is 11.3 Å². The Morgan fingerprint density at radius 2 is 2.00 bits per heavy atom. The fourth-order valence-electron chi connectivity index (χ4n) is 3.55. The number of hydrogen-bond donors (Lipinski definition) is 2. The van der Waals surface area contributed by atoms with Crippen LogP contribution in [0.5, 0.6) is 5.75 Å². The molecule has 5 nitrogen and oxygen atoms in total. The average Bonchev–Trinajstić information content (AvgIpc) is 2.66. The van der Waals surface area contributed by atoms with E-state index in [4.69, 9.17) is 9.47 Å². The molecule has 29 heavy (non-hydrogen) atoms. The van der Waals surface area contributed by atoms with Gasteiger partial charge >= 0.3 is 6.18 Å². The number of aliphatic imine (C=N–C) groups is 1. The molecule has 1 heterocycles. The van der Waals surface area contributed by atoms with Crippen LogP contribution in [-0.4, -0.2) is 45.0 Å². The first-order chi connectivity index (χ1) is 13.6. The van der Waals surface area contributed by atoms with E-state index in [9.17, 15) is 13.2 Å². The summed E-state index contributed by atoms with van der Waals surface area (Å²) < 4.78 is 47.8. The highest BCUT2D eigenvalue weighted by Crippen LogP contribution is 2.33. The molecule has 0 radical (unpaired) electrons. The maximum absolute atomic E-state index is 12.3. The molecule has 1 saturated heterocycles. The van der Waals surface area contributed by atoms with Gasteiger partial charge in [0, 0.05) is 32.7 Å². The second-order valence-electron chi connectivity index (χ2n) is 8.42. The molecule has 0 aromatic heterocycles. The highest BCUT2D eigenvalue weighted by Gasteiger charge is 2.35. The Morgan fingerprint density at radius 1 is 1.24 bits per heavy atom. The van der Waals surface area contributed by atoms with E-state index in [-0.39, 0.29) is 17.3 Å². The molecule has 1 aromatic rings. The molecule has 2 atom stereocenters. The number of rotatable bonds is 6. The molecule has 0 spiro atoms. The van der Waals surface area contributed by atoms with E-state index in [1.165, 1.54) is 6.07 Å². The lowest BCUT2D eigenvalue weighted by molar-refractivity contribution is -0.153. The lowest BCUT2D eigenvalue weighted by atomic mass is 9.78. The molecule has 1 aliphatic heterocycles. The SMILES string of the molecule is CN=C(NCc1cccc(OCC(F)(F)F)c1)NCC1CCCOC1C(C)(C)C. The van der Waals surface area contributed by atoms with E-state index in [1.807, 2.05) is 6.07 Å². The van der Waals surface area contributed by atoms with Gasteiger partial charge in [-0.25, -0.2) is 0 Å². The molecule has 164 valence electrons. The fraction of sp³-hybridized carbons (Fsp3) is 0.667. The molecular weight excluding hydrogens is 383 g/mol. The normalized spacial score (nSPS) is 21.0. The summed E-state index contributed by atoms with van der Waals surface area (Å²) in [6.07, 6.45) is -2.02. The number of nitrogens with zero attached hydrogens (tertiary/aromatic N) is 1. The van der Waals surface area contributed by atoms with Gasteiger partial charge in [0.2, 0.25) is 0 Å². The Kier molecular flexibility index (Phi) is 8.19. The minimum Gasteiger partial charge on any atom is -0.484 e. The molecule has 2 N–H and O–H groups in total. The zero-order valence-electron chi connectivity index (χ0n) is 17.6. The summed E-state index contributed by atoms with van der Waals surface area (Å²) in [5.74, 6) is 1.23. The van der Waals surface area contributed by atoms with Crippen molar-refractivity contribution in [3.05, 3.63) is 29.8 Å². The summed E-state index contributed by atoms with van der Waals surface area (Å²) in [5, 5.41) is 6.55. The van der Waals surface area contributed by atoms with Crippen LogP contribution < -0.4 is 15.4 Å². The Bertz CT molecular complexity index is 672. The minimum atomic E-state index is -4.35. The third kappa shape index (κ3) is 8.12. The molecular formula is C21H32F3N3O2. The largest absolute Gasteiger partial charge is 0.484 e. The van der Waals surface area contributed by atoms with Crippen LogP contribution in [0, 0.1) is 11.3 Å². The topological polar surface area (TPSA) is 54.9 Å². The van der Waals surface area contributed by atoms with Crippen molar-refractivity contribution in [1.29, 1.82) is 0 Å². The third-order valence-corrected chi connectivity index (χ3v) is 4.81. The number of nitrogens with one attached hydrogen (secondary N) is 2. The Morgan fingerprint density at radius 3 is 2.66 bits per heavy atom. The first-order valence-corrected chi connectivity index (χ1v) is 9.93. The third-order valence-electron chi connectivity index (χ3n) is 4.81. The first-order valence-electron chi connectivity index (χ1n) is 9.93. The summed E-state index contributed by atoms with van der Waals surface area (Å²) in [7, 11) is 1.69. The van der Waals surface area contributed by atoms with Crippen LogP contribution in [0.3, 0.4) is 0 Å². The smallest absolute Gasteiger partial charge is 0.422 e. The van der Waals surface area contributed by atoms with Crippen molar-refractivity contribution in [2.24, 2.45) is 16.3 Å². The van der Waals surface area contributed by atoms with Gasteiger partial charge in [0.25, 0.3) is 0 Å². The Hall–Kier alpha value is -1.96. The average molecular weight is 416 g/mol. The molecule has 8 heteroatoms. The monoisotopic (exact) mass is 415 g/mol. The van der Waals surface area contributed by atoms with Crippen molar-refractivity contribution in [3.8, 4) is 5.75 Å². The van der Waals surface area contributed by atoms with Crippen LogP contribution in [0.15, 0.2) is 29.3 Å². The molecule has 2 unspecified atom stereocenters. The molecule has 1 fully saturated rings. The minimum absolute atomic E-state index is 0.0700. The van der Waals surface area contributed by atoms with Crippen LogP contribution in [0.25, 0.3) is 0 Å². The van der Waals surface area contributed by atoms with Gasteiger partial charge < -0.3 is 20.1 Å². The summed E-state index contributed by atoms with van der Waals surface area (Å²) in [4.78, 5) is 4.24. The van der Waals surface area contributed by atoms with Crippen molar-refractivity contribution in [1.82, 2.24) is 10.6 Å². The van der Waals surface area contributed by atoms with E-state index >= 15 is 0 Å². The molecule has 2 rings (SSSR count). The Balaban J connectivity index is 1.86. The first kappa shape index (κ1) is 23.3. The maximum atomic E-state index is 12.3. The molecule has 0 aliphatic carbocycles. The second kappa shape index (κ2) is 10.2. The van der Waals surface area contributed by atoms with Crippen molar-refractivity contribution < 1.29 is 22.6 Å². The van der Waals surface area contributed by atoms with Crippen LogP contribution in [0.4, 0.5) is 13.2 Å². The zero-order valence-corrected chi connectivity index (χ0v) is 17.6. The van der Waals surface area contributed by atoms with Gasteiger partial charge in [-0.05, 0) is 36.0 Å². The molecule has 1 aliphatic rings. The van der Waals surface area contributed by atoms with Crippen molar-refractivity contribution in [3.63, 3.8) is 0 Å². The van der Waals surface area contributed by atoms with E-state index in [1.54, 1.807) is 19.2 Å². The highest BCUT2D eigenvalue weighted by molar-refractivity contribution is 5.79. The van der Waals surface area contributed by atoms with E-state index in [0.717, 1.165) is 31.6 Å². The van der Waals surface area contributed by atoms with Crippen LogP contribution in [0.2, 0.25) is 0 Å². The van der Waals surface area contributed by atoms with Gasteiger partial charge in [-0.2, -0.15) is 13.2 Å². The predicted octanol–water partition coefficient (Wildman–Crippen LogP) is 4.13. The maximum Gasteiger partial charge on any atom is 0.422 e. The van der Waals surface area contributed by atoms with Crippen molar-refractivity contribution in [2.75, 3.05) is 26.8 Å². The fourth-order valence-corrected chi connectivity index (χ4v) is 3.55. The summed E-state index contributed by atoms with van der Waals surface area (Å²) in [6, 6.07) is 6.60.